The molecule has 5 nitrogen and oxygen atoms in total. The predicted molar refractivity (Wildman–Crippen MR) is 122 cm³/mol. The van der Waals surface area contributed by atoms with Gasteiger partial charge in [0.05, 0.1) is 22.8 Å². The summed E-state index contributed by atoms with van der Waals surface area (Å²) in [5, 5.41) is 0.346. The smallest absolute Gasteiger partial charge is 0.188 e. The van der Waals surface area contributed by atoms with E-state index in [4.69, 9.17) is 16.3 Å². The first-order chi connectivity index (χ1) is 15.5. The molecular formula is C23H25ClF2O5S2. The Labute approximate surface area is 197 Å². The van der Waals surface area contributed by atoms with Gasteiger partial charge in [-0.1, -0.05) is 24.9 Å². The molecule has 0 saturated heterocycles. The Kier molecular flexibility index (Phi) is 6.52. The average molecular weight is 519 g/mol. The lowest BCUT2D eigenvalue weighted by Crippen LogP contribution is -2.54. The summed E-state index contributed by atoms with van der Waals surface area (Å²) >= 11 is 5.95. The number of benzene rings is 2. The largest absolute Gasteiger partial charge is 0.490 e. The molecule has 2 aliphatic rings. The van der Waals surface area contributed by atoms with Crippen molar-refractivity contribution in [1.29, 1.82) is 0 Å². The number of sulfone groups is 2. The van der Waals surface area contributed by atoms with Crippen molar-refractivity contribution in [2.24, 2.45) is 11.8 Å². The Bertz CT molecular complexity index is 1260. The van der Waals surface area contributed by atoms with Gasteiger partial charge in [0.15, 0.2) is 21.4 Å². The highest BCUT2D eigenvalue weighted by molar-refractivity contribution is 7.92. The highest BCUT2D eigenvalue weighted by Crippen LogP contribution is 2.58. The van der Waals surface area contributed by atoms with Crippen LogP contribution in [0.1, 0.15) is 38.2 Å². The van der Waals surface area contributed by atoms with Crippen molar-refractivity contribution in [3.8, 4) is 5.75 Å². The first-order valence-corrected chi connectivity index (χ1v) is 14.5. The SMILES string of the molecule is CCS(=O)(=O)CC[C@H]1CCC[C@]2(S(=O)(=O)c3ccc(Cl)cc3)c3c(F)ccc(F)c3OC[C@H]12. The Balaban J connectivity index is 1.92. The third kappa shape index (κ3) is 4.06. The predicted octanol–water partition coefficient (Wildman–Crippen LogP) is 4.92. The van der Waals surface area contributed by atoms with Crippen molar-refractivity contribution in [3.63, 3.8) is 0 Å². The quantitative estimate of drug-likeness (QED) is 0.542. The van der Waals surface area contributed by atoms with Gasteiger partial charge in [0.2, 0.25) is 0 Å². The fourth-order valence-electron chi connectivity index (χ4n) is 5.33. The second kappa shape index (κ2) is 8.82. The number of ether oxygens (including phenoxy) is 1. The van der Waals surface area contributed by atoms with Crippen LogP contribution in [0, 0.1) is 23.5 Å². The molecule has 0 radical (unpaired) electrons. The van der Waals surface area contributed by atoms with E-state index in [2.05, 4.69) is 0 Å². The molecule has 0 bridgehead atoms. The third-order valence-electron chi connectivity index (χ3n) is 7.02. The Morgan fingerprint density at radius 1 is 1.06 bits per heavy atom. The maximum absolute atomic E-state index is 15.3. The summed E-state index contributed by atoms with van der Waals surface area (Å²) in [7, 11) is -7.52. The van der Waals surface area contributed by atoms with Crippen molar-refractivity contribution in [1.82, 2.24) is 0 Å². The molecule has 1 aliphatic heterocycles. The lowest BCUT2D eigenvalue weighted by atomic mass is 9.66. The van der Waals surface area contributed by atoms with Crippen LogP contribution in [0.5, 0.6) is 5.75 Å². The molecular weight excluding hydrogens is 494 g/mol. The van der Waals surface area contributed by atoms with E-state index in [1.807, 2.05) is 0 Å². The molecule has 1 fully saturated rings. The molecule has 0 aromatic heterocycles. The fraction of sp³-hybridized carbons (Fsp3) is 0.478. The van der Waals surface area contributed by atoms with E-state index in [0.29, 0.717) is 17.9 Å². The van der Waals surface area contributed by atoms with Crippen molar-refractivity contribution in [2.45, 2.75) is 42.2 Å². The molecule has 1 heterocycles. The number of fused-ring (bicyclic) bond motifs is 3. The zero-order valence-electron chi connectivity index (χ0n) is 18.1. The molecule has 4 rings (SSSR count). The monoisotopic (exact) mass is 518 g/mol. The van der Waals surface area contributed by atoms with Crippen molar-refractivity contribution in [3.05, 3.63) is 58.6 Å². The summed E-state index contributed by atoms with van der Waals surface area (Å²) in [6, 6.07) is 7.45. The van der Waals surface area contributed by atoms with Crippen LogP contribution in [0.4, 0.5) is 8.78 Å². The number of halogens is 3. The number of rotatable bonds is 6. The summed E-state index contributed by atoms with van der Waals surface area (Å²) < 4.78 is 86.5. The van der Waals surface area contributed by atoms with E-state index in [0.717, 1.165) is 12.1 Å². The molecule has 1 saturated carbocycles. The molecule has 0 N–H and O–H groups in total. The van der Waals surface area contributed by atoms with Crippen LogP contribution in [0.3, 0.4) is 0 Å². The lowest BCUT2D eigenvalue weighted by Gasteiger charge is -2.50. The summed E-state index contributed by atoms with van der Waals surface area (Å²) in [4.78, 5) is -0.0461. The van der Waals surface area contributed by atoms with E-state index in [1.54, 1.807) is 6.92 Å². The van der Waals surface area contributed by atoms with Gasteiger partial charge < -0.3 is 4.74 Å². The van der Waals surface area contributed by atoms with E-state index < -0.39 is 42.0 Å². The minimum atomic E-state index is -4.24. The molecule has 33 heavy (non-hydrogen) atoms. The van der Waals surface area contributed by atoms with Gasteiger partial charge in [-0.25, -0.2) is 25.6 Å². The van der Waals surface area contributed by atoms with Crippen molar-refractivity contribution >= 4 is 31.3 Å². The summed E-state index contributed by atoms with van der Waals surface area (Å²) in [5.41, 5.74) is -0.295. The first-order valence-electron chi connectivity index (χ1n) is 10.9. The van der Waals surface area contributed by atoms with Crippen LogP contribution in [0.25, 0.3) is 0 Å². The van der Waals surface area contributed by atoms with Crippen molar-refractivity contribution < 1.29 is 30.4 Å². The van der Waals surface area contributed by atoms with E-state index in [-0.39, 0.29) is 53.1 Å². The van der Waals surface area contributed by atoms with Gasteiger partial charge in [0.25, 0.3) is 0 Å². The number of hydrogen-bond acceptors (Lipinski definition) is 5. The second-order valence-electron chi connectivity index (χ2n) is 8.68. The molecule has 2 aromatic rings. The maximum Gasteiger partial charge on any atom is 0.188 e. The molecule has 0 amide bonds. The van der Waals surface area contributed by atoms with Gasteiger partial charge in [-0.2, -0.15) is 0 Å². The van der Waals surface area contributed by atoms with Gasteiger partial charge in [-0.3, -0.25) is 0 Å². The minimum Gasteiger partial charge on any atom is -0.490 e. The summed E-state index contributed by atoms with van der Waals surface area (Å²) in [6.07, 6.45) is 1.32. The summed E-state index contributed by atoms with van der Waals surface area (Å²) in [5.74, 6) is -3.26. The Morgan fingerprint density at radius 3 is 2.39 bits per heavy atom. The van der Waals surface area contributed by atoms with Crippen LogP contribution >= 0.6 is 11.6 Å². The molecule has 2 aromatic carbocycles. The zero-order chi connectivity index (χ0) is 24.0. The fourth-order valence-corrected chi connectivity index (χ4v) is 8.85. The van der Waals surface area contributed by atoms with Gasteiger partial charge >= 0.3 is 0 Å². The standard InChI is InChI=1S/C23H25ClF2O5S2/c1-2-32(27,28)13-11-15-4-3-12-23(33(29,30)17-7-5-16(24)6-8-17)18(15)14-31-22-20(26)10-9-19(25)21(22)23/h5-10,15,18H,2-4,11-14H2,1H3/t15-,18-,23-/m1/s1. The molecule has 180 valence electrons. The number of hydrogen-bond donors (Lipinski definition) is 0. The van der Waals surface area contributed by atoms with Gasteiger partial charge in [-0.15, -0.1) is 0 Å². The lowest BCUT2D eigenvalue weighted by molar-refractivity contribution is 0.0735. The molecule has 10 heteroatoms. The topological polar surface area (TPSA) is 77.5 Å². The zero-order valence-corrected chi connectivity index (χ0v) is 20.4. The van der Waals surface area contributed by atoms with Gasteiger partial charge in [0.1, 0.15) is 20.4 Å². The highest BCUT2D eigenvalue weighted by atomic mass is 35.5. The molecule has 0 unspecified atom stereocenters. The minimum absolute atomic E-state index is 0.0161. The van der Waals surface area contributed by atoms with Crippen LogP contribution in [-0.2, 0) is 24.4 Å². The average Bonchev–Trinajstić information content (AvgIpc) is 2.79. The van der Waals surface area contributed by atoms with Crippen LogP contribution in [0.15, 0.2) is 41.3 Å². The van der Waals surface area contributed by atoms with E-state index in [1.165, 1.54) is 24.3 Å². The highest BCUT2D eigenvalue weighted by Gasteiger charge is 2.60. The van der Waals surface area contributed by atoms with Crippen LogP contribution in [-0.4, -0.2) is 34.9 Å². The van der Waals surface area contributed by atoms with Gasteiger partial charge in [0, 0.05) is 16.7 Å². The molecule has 3 atom stereocenters. The van der Waals surface area contributed by atoms with Crippen LogP contribution in [0.2, 0.25) is 5.02 Å². The third-order valence-corrected chi connectivity index (χ3v) is 11.6. The van der Waals surface area contributed by atoms with Gasteiger partial charge in [-0.05, 0) is 61.6 Å². The Hall–Kier alpha value is -1.71. The molecule has 1 aliphatic carbocycles. The summed E-state index contributed by atoms with van der Waals surface area (Å²) in [6.45, 7) is 1.42. The van der Waals surface area contributed by atoms with E-state index >= 15 is 4.39 Å². The maximum atomic E-state index is 15.3. The second-order valence-corrected chi connectivity index (χ2v) is 13.8. The molecule has 0 spiro atoms. The van der Waals surface area contributed by atoms with Crippen LogP contribution < -0.4 is 4.74 Å². The Morgan fingerprint density at radius 2 is 1.73 bits per heavy atom. The van der Waals surface area contributed by atoms with Crippen molar-refractivity contribution in [2.75, 3.05) is 18.1 Å². The van der Waals surface area contributed by atoms with E-state index in [9.17, 15) is 21.2 Å². The normalized spacial score (nSPS) is 25.1. The first kappa shape index (κ1) is 24.4.